The van der Waals surface area contributed by atoms with Gasteiger partial charge < -0.3 is 10.4 Å². The van der Waals surface area contributed by atoms with Crippen LogP contribution in [0.4, 0.5) is 0 Å². The summed E-state index contributed by atoms with van der Waals surface area (Å²) >= 11 is 0. The molecule has 1 amide bonds. The topological polar surface area (TPSA) is 83.5 Å². The van der Waals surface area contributed by atoms with Crippen molar-refractivity contribution in [2.75, 3.05) is 5.75 Å². The molecule has 1 aromatic carbocycles. The van der Waals surface area contributed by atoms with Crippen molar-refractivity contribution in [1.29, 1.82) is 0 Å². The number of aliphatic hydroxyl groups is 1. The van der Waals surface area contributed by atoms with Crippen molar-refractivity contribution < 1.29 is 18.3 Å². The molecule has 21 heavy (non-hydrogen) atoms. The lowest BCUT2D eigenvalue weighted by atomic mass is 10.1. The van der Waals surface area contributed by atoms with Gasteiger partial charge in [0.25, 0.3) is 0 Å². The third-order valence-electron chi connectivity index (χ3n) is 4.37. The van der Waals surface area contributed by atoms with Crippen molar-refractivity contribution in [3.05, 3.63) is 35.4 Å². The number of fused-ring (bicyclic) bond motifs is 1. The monoisotopic (exact) mass is 309 g/mol. The number of carbonyl (C=O) groups excluding carboxylic acids is 1. The normalized spacial score (nSPS) is 30.6. The maximum Gasteiger partial charge on any atom is 0.238 e. The van der Waals surface area contributed by atoms with E-state index in [2.05, 4.69) is 5.32 Å². The van der Waals surface area contributed by atoms with E-state index in [1.807, 2.05) is 24.3 Å². The summed E-state index contributed by atoms with van der Waals surface area (Å²) in [6, 6.07) is 7.02. The van der Waals surface area contributed by atoms with Crippen LogP contribution < -0.4 is 5.32 Å². The van der Waals surface area contributed by atoms with Crippen LogP contribution in [0.15, 0.2) is 24.3 Å². The molecule has 5 nitrogen and oxygen atoms in total. The molecule has 1 fully saturated rings. The Bertz CT molecular complexity index is 655. The molecule has 3 atom stereocenters. The Hall–Kier alpha value is -1.40. The number of hydrogen-bond acceptors (Lipinski definition) is 4. The zero-order valence-corrected chi connectivity index (χ0v) is 12.5. The van der Waals surface area contributed by atoms with Gasteiger partial charge in [-0.15, -0.1) is 0 Å². The maximum atomic E-state index is 12.3. The number of benzene rings is 1. The third kappa shape index (κ3) is 2.70. The number of carbonyl (C=O) groups is 1. The predicted molar refractivity (Wildman–Crippen MR) is 78.5 cm³/mol. The van der Waals surface area contributed by atoms with E-state index in [1.54, 1.807) is 0 Å². The summed E-state index contributed by atoms with van der Waals surface area (Å²) in [6.45, 7) is 0. The van der Waals surface area contributed by atoms with Crippen LogP contribution in [0.5, 0.6) is 0 Å². The van der Waals surface area contributed by atoms with Gasteiger partial charge >= 0.3 is 0 Å². The summed E-state index contributed by atoms with van der Waals surface area (Å²) in [6.07, 6.45) is 1.54. The Kier molecular flexibility index (Phi) is 3.75. The minimum absolute atomic E-state index is 0.0783. The zero-order chi connectivity index (χ0) is 15.0. The van der Waals surface area contributed by atoms with Crippen LogP contribution in [0.1, 0.15) is 36.4 Å². The number of rotatable bonds is 2. The first-order valence-electron chi connectivity index (χ1n) is 7.27. The van der Waals surface area contributed by atoms with E-state index < -0.39 is 33.1 Å². The molecule has 3 unspecified atom stereocenters. The zero-order valence-electron chi connectivity index (χ0n) is 11.7. The number of amides is 1. The molecular formula is C15H19NO4S. The van der Waals surface area contributed by atoms with Crippen LogP contribution in [0.3, 0.4) is 0 Å². The molecule has 3 rings (SSSR count). The maximum absolute atomic E-state index is 12.3. The highest BCUT2D eigenvalue weighted by Crippen LogP contribution is 2.32. The number of hydrogen-bond donors (Lipinski definition) is 2. The summed E-state index contributed by atoms with van der Waals surface area (Å²) in [4.78, 5) is 12.3. The fourth-order valence-electron chi connectivity index (χ4n) is 3.24. The highest BCUT2D eigenvalue weighted by atomic mass is 32.2. The average molecular weight is 309 g/mol. The van der Waals surface area contributed by atoms with Gasteiger partial charge in [-0.2, -0.15) is 0 Å². The molecule has 1 saturated heterocycles. The molecule has 0 saturated carbocycles. The third-order valence-corrected chi connectivity index (χ3v) is 6.55. The molecule has 1 aromatic rings. The van der Waals surface area contributed by atoms with Crippen LogP contribution in [0, 0.1) is 0 Å². The summed E-state index contributed by atoms with van der Waals surface area (Å²) in [5, 5.41) is 11.9. The van der Waals surface area contributed by atoms with Crippen LogP contribution in [0.2, 0.25) is 0 Å². The molecule has 0 spiro atoms. The molecule has 1 heterocycles. The van der Waals surface area contributed by atoms with Crippen molar-refractivity contribution in [3.8, 4) is 0 Å². The molecule has 2 N–H and O–H groups in total. The van der Waals surface area contributed by atoms with E-state index in [4.69, 9.17) is 0 Å². The van der Waals surface area contributed by atoms with Gasteiger partial charge in [0, 0.05) is 6.42 Å². The summed E-state index contributed by atoms with van der Waals surface area (Å²) in [7, 11) is -3.35. The molecule has 114 valence electrons. The fourth-order valence-corrected chi connectivity index (χ4v) is 5.05. The highest BCUT2D eigenvalue weighted by molar-refractivity contribution is 7.92. The molecular weight excluding hydrogens is 290 g/mol. The van der Waals surface area contributed by atoms with E-state index in [0.717, 1.165) is 17.5 Å². The standard InChI is InChI=1S/C15H19NO4S/c17-12-9-10-5-1-2-6-11(10)14(12)16-15(18)13-7-3-4-8-21(13,19)20/h1-2,5-6,12-14,17H,3-4,7-9H2,(H,16,18). The quantitative estimate of drug-likeness (QED) is 0.843. The van der Waals surface area contributed by atoms with Crippen LogP contribution in [-0.2, 0) is 21.1 Å². The van der Waals surface area contributed by atoms with Gasteiger partial charge in [-0.05, 0) is 24.0 Å². The van der Waals surface area contributed by atoms with Gasteiger partial charge in [0.15, 0.2) is 9.84 Å². The molecule has 0 radical (unpaired) electrons. The van der Waals surface area contributed by atoms with E-state index >= 15 is 0 Å². The number of sulfone groups is 1. The molecule has 2 aliphatic rings. The number of aliphatic hydroxyl groups excluding tert-OH is 1. The van der Waals surface area contributed by atoms with Crippen molar-refractivity contribution in [3.63, 3.8) is 0 Å². The summed E-state index contributed by atoms with van der Waals surface area (Å²) in [5.41, 5.74) is 1.88. The van der Waals surface area contributed by atoms with Gasteiger partial charge in [0.1, 0.15) is 5.25 Å². The number of nitrogens with one attached hydrogen (secondary N) is 1. The second-order valence-electron chi connectivity index (χ2n) is 5.81. The van der Waals surface area contributed by atoms with Crippen molar-refractivity contribution in [1.82, 2.24) is 5.32 Å². The first-order valence-corrected chi connectivity index (χ1v) is 8.98. The van der Waals surface area contributed by atoms with Crippen molar-refractivity contribution in [2.24, 2.45) is 0 Å². The Labute approximate surface area is 124 Å². The Morgan fingerprint density at radius 1 is 1.24 bits per heavy atom. The van der Waals surface area contributed by atoms with Gasteiger partial charge in [0.05, 0.1) is 17.9 Å². The second kappa shape index (κ2) is 5.42. The lowest BCUT2D eigenvalue weighted by molar-refractivity contribution is -0.122. The molecule has 1 aliphatic carbocycles. The predicted octanol–water partition coefficient (Wildman–Crippen LogP) is 0.728. The Balaban J connectivity index is 1.79. The van der Waals surface area contributed by atoms with Gasteiger partial charge in [0.2, 0.25) is 5.91 Å². The fraction of sp³-hybridized carbons (Fsp3) is 0.533. The van der Waals surface area contributed by atoms with Gasteiger partial charge in [-0.3, -0.25) is 4.79 Å². The Morgan fingerprint density at radius 3 is 2.76 bits per heavy atom. The molecule has 1 aliphatic heterocycles. The van der Waals surface area contributed by atoms with Crippen LogP contribution in [0.25, 0.3) is 0 Å². The largest absolute Gasteiger partial charge is 0.390 e. The summed E-state index contributed by atoms with van der Waals surface area (Å²) in [5.74, 6) is -0.398. The molecule has 0 bridgehead atoms. The van der Waals surface area contributed by atoms with E-state index in [0.29, 0.717) is 19.3 Å². The van der Waals surface area contributed by atoms with E-state index in [-0.39, 0.29) is 5.75 Å². The first-order chi connectivity index (χ1) is 9.99. The average Bonchev–Trinajstić information content (AvgIpc) is 2.74. The lowest BCUT2D eigenvalue weighted by Gasteiger charge is -2.25. The highest BCUT2D eigenvalue weighted by Gasteiger charge is 2.38. The molecule has 0 aromatic heterocycles. The minimum atomic E-state index is -3.35. The van der Waals surface area contributed by atoms with E-state index in [1.165, 1.54) is 0 Å². The van der Waals surface area contributed by atoms with Crippen molar-refractivity contribution >= 4 is 15.7 Å². The lowest BCUT2D eigenvalue weighted by Crippen LogP contribution is -2.45. The molecule has 6 heteroatoms. The summed E-state index contributed by atoms with van der Waals surface area (Å²) < 4.78 is 24.0. The van der Waals surface area contributed by atoms with E-state index in [9.17, 15) is 18.3 Å². The van der Waals surface area contributed by atoms with Crippen LogP contribution in [-0.4, -0.2) is 36.5 Å². The van der Waals surface area contributed by atoms with Crippen molar-refractivity contribution in [2.45, 2.75) is 43.1 Å². The van der Waals surface area contributed by atoms with Crippen LogP contribution >= 0.6 is 0 Å². The smallest absolute Gasteiger partial charge is 0.238 e. The Morgan fingerprint density at radius 2 is 2.00 bits per heavy atom. The van der Waals surface area contributed by atoms with Gasteiger partial charge in [-0.1, -0.05) is 30.7 Å². The second-order valence-corrected chi connectivity index (χ2v) is 8.11. The van der Waals surface area contributed by atoms with Gasteiger partial charge in [-0.25, -0.2) is 8.42 Å². The minimum Gasteiger partial charge on any atom is -0.390 e. The first kappa shape index (κ1) is 14.5. The SMILES string of the molecule is O=C(NC1c2ccccc2CC1O)C1CCCCS1(=O)=O.